The van der Waals surface area contributed by atoms with Gasteiger partial charge in [0.25, 0.3) is 0 Å². The Bertz CT molecular complexity index is 2720. The average molecular weight is 626 g/mol. The number of rotatable bonds is 4. The van der Waals surface area contributed by atoms with Crippen LogP contribution in [-0.2, 0) is 6.42 Å². The van der Waals surface area contributed by atoms with Crippen LogP contribution in [-0.4, -0.2) is 14.5 Å². The summed E-state index contributed by atoms with van der Waals surface area (Å²) >= 11 is 0. The normalized spacial score (nSPS) is 12.7. The molecule has 0 unspecified atom stereocenters. The molecule has 0 radical (unpaired) electrons. The SMILES string of the molecule is C1=Cc2c(c3cc(-c4ccccc4-c4ccc(-c5cnc6c7ccccc7c7ccccc7c6n5)cc4)ccc3n2-c2ccccc2)CC1. The van der Waals surface area contributed by atoms with Crippen molar-refractivity contribution >= 4 is 49.6 Å². The van der Waals surface area contributed by atoms with E-state index in [0.717, 1.165) is 45.9 Å². The Morgan fingerprint density at radius 1 is 0.510 bits per heavy atom. The molecule has 0 saturated carbocycles. The van der Waals surface area contributed by atoms with E-state index >= 15 is 0 Å². The third kappa shape index (κ3) is 4.43. The summed E-state index contributed by atoms with van der Waals surface area (Å²) in [5, 5.41) is 6.01. The van der Waals surface area contributed by atoms with Crippen molar-refractivity contribution in [2.24, 2.45) is 0 Å². The summed E-state index contributed by atoms with van der Waals surface area (Å²) in [5.41, 5.74) is 13.8. The van der Waals surface area contributed by atoms with Crippen LogP contribution in [0.1, 0.15) is 17.7 Å². The van der Waals surface area contributed by atoms with E-state index in [1.54, 1.807) is 0 Å². The molecular formula is C46H31N3. The topological polar surface area (TPSA) is 30.7 Å². The van der Waals surface area contributed by atoms with E-state index < -0.39 is 0 Å². The highest BCUT2D eigenvalue weighted by atomic mass is 15.0. The fraction of sp³-hybridized carbons (Fsp3) is 0.0435. The fourth-order valence-electron chi connectivity index (χ4n) is 7.83. The zero-order valence-electron chi connectivity index (χ0n) is 26.8. The first-order valence-corrected chi connectivity index (χ1v) is 17.0. The first kappa shape index (κ1) is 27.8. The van der Waals surface area contributed by atoms with Gasteiger partial charge in [0.15, 0.2) is 0 Å². The summed E-state index contributed by atoms with van der Waals surface area (Å²) in [4.78, 5) is 10.2. The second-order valence-corrected chi connectivity index (χ2v) is 12.9. The standard InChI is InChI=1S/C46H31N3/c1-2-12-33(13-3-1)49-43-21-11-10-18-38(43)41-28-32(26-27-44(41)49)35-15-5-4-14-34(35)30-22-24-31(25-23-30)42-29-47-45-39-19-8-6-16-36(39)37-17-7-9-20-40(37)46(45)48-42/h1-9,11-17,19-29H,10,18H2. The molecule has 9 aromatic rings. The molecule has 1 aliphatic rings. The van der Waals surface area contributed by atoms with Crippen molar-refractivity contribution in [2.75, 3.05) is 0 Å². The Morgan fingerprint density at radius 3 is 1.88 bits per heavy atom. The van der Waals surface area contributed by atoms with Gasteiger partial charge in [-0.25, -0.2) is 4.98 Å². The van der Waals surface area contributed by atoms with E-state index in [1.165, 1.54) is 60.9 Å². The van der Waals surface area contributed by atoms with Gasteiger partial charge in [0.2, 0.25) is 0 Å². The van der Waals surface area contributed by atoms with Crippen LogP contribution in [0.2, 0.25) is 0 Å². The van der Waals surface area contributed by atoms with E-state index in [9.17, 15) is 0 Å². The first-order chi connectivity index (χ1) is 24.3. The third-order valence-electron chi connectivity index (χ3n) is 10.1. The number of fused-ring (bicyclic) bond motifs is 9. The van der Waals surface area contributed by atoms with E-state index in [1.807, 2.05) is 6.20 Å². The third-order valence-corrected chi connectivity index (χ3v) is 10.1. The quantitative estimate of drug-likeness (QED) is 0.182. The molecule has 0 spiro atoms. The van der Waals surface area contributed by atoms with Crippen molar-refractivity contribution in [1.82, 2.24) is 14.5 Å². The van der Waals surface area contributed by atoms with Crippen LogP contribution in [0.4, 0.5) is 0 Å². The molecule has 2 heterocycles. The lowest BCUT2D eigenvalue weighted by Crippen LogP contribution is -1.99. The highest BCUT2D eigenvalue weighted by Crippen LogP contribution is 2.39. The molecule has 0 N–H and O–H groups in total. The van der Waals surface area contributed by atoms with Crippen LogP contribution in [0.5, 0.6) is 0 Å². The van der Waals surface area contributed by atoms with Crippen molar-refractivity contribution in [2.45, 2.75) is 12.8 Å². The highest BCUT2D eigenvalue weighted by Gasteiger charge is 2.20. The molecule has 0 fully saturated rings. The maximum atomic E-state index is 5.21. The van der Waals surface area contributed by atoms with Crippen molar-refractivity contribution in [3.05, 3.63) is 169 Å². The lowest BCUT2D eigenvalue weighted by atomic mass is 9.92. The van der Waals surface area contributed by atoms with Gasteiger partial charge in [-0.2, -0.15) is 0 Å². The number of allylic oxidation sites excluding steroid dienone is 1. The van der Waals surface area contributed by atoms with E-state index in [4.69, 9.17) is 9.97 Å². The smallest absolute Gasteiger partial charge is 0.0979 e. The number of nitrogens with zero attached hydrogens (tertiary/aromatic N) is 3. The summed E-state index contributed by atoms with van der Waals surface area (Å²) in [6.07, 6.45) is 8.64. The maximum absolute atomic E-state index is 5.21. The molecule has 0 amide bonds. The molecule has 0 aliphatic heterocycles. The Kier molecular flexibility index (Phi) is 6.31. The van der Waals surface area contributed by atoms with Crippen LogP contribution < -0.4 is 0 Å². The molecule has 230 valence electrons. The summed E-state index contributed by atoms with van der Waals surface area (Å²) < 4.78 is 2.41. The van der Waals surface area contributed by atoms with Gasteiger partial charge in [-0.05, 0) is 81.8 Å². The van der Waals surface area contributed by atoms with Crippen LogP contribution in [0.15, 0.2) is 158 Å². The molecule has 0 atom stereocenters. The van der Waals surface area contributed by atoms with Gasteiger partial charge in [-0.1, -0.05) is 127 Å². The molecule has 3 heteroatoms. The minimum atomic E-state index is 0.875. The Morgan fingerprint density at radius 2 is 1.12 bits per heavy atom. The van der Waals surface area contributed by atoms with Gasteiger partial charge in [0.1, 0.15) is 0 Å². The predicted octanol–water partition coefficient (Wildman–Crippen LogP) is 11.8. The van der Waals surface area contributed by atoms with E-state index in [0.29, 0.717) is 0 Å². The highest BCUT2D eigenvalue weighted by molar-refractivity contribution is 6.23. The average Bonchev–Trinajstić information content (AvgIpc) is 3.52. The number of hydrogen-bond acceptors (Lipinski definition) is 2. The van der Waals surface area contributed by atoms with E-state index in [-0.39, 0.29) is 0 Å². The Balaban J connectivity index is 1.06. The number of para-hydroxylation sites is 1. The maximum Gasteiger partial charge on any atom is 0.0979 e. The minimum absolute atomic E-state index is 0.875. The molecule has 49 heavy (non-hydrogen) atoms. The van der Waals surface area contributed by atoms with Crippen LogP contribution in [0.25, 0.3) is 88.8 Å². The lowest BCUT2D eigenvalue weighted by molar-refractivity contribution is 0.967. The van der Waals surface area contributed by atoms with Gasteiger partial charge in [-0.15, -0.1) is 0 Å². The summed E-state index contributed by atoms with van der Waals surface area (Å²) in [7, 11) is 0. The second-order valence-electron chi connectivity index (χ2n) is 12.9. The number of aryl methyl sites for hydroxylation is 1. The van der Waals surface area contributed by atoms with Gasteiger partial charge >= 0.3 is 0 Å². The Labute approximate surface area is 284 Å². The molecule has 1 aliphatic carbocycles. The van der Waals surface area contributed by atoms with Crippen molar-refractivity contribution in [3.63, 3.8) is 0 Å². The number of benzene rings is 7. The first-order valence-electron chi connectivity index (χ1n) is 17.0. The predicted molar refractivity (Wildman–Crippen MR) is 205 cm³/mol. The largest absolute Gasteiger partial charge is 0.310 e. The molecule has 0 saturated heterocycles. The van der Waals surface area contributed by atoms with Gasteiger partial charge in [-0.3, -0.25) is 4.98 Å². The van der Waals surface area contributed by atoms with Crippen molar-refractivity contribution in [3.8, 4) is 39.2 Å². The molecule has 10 rings (SSSR count). The lowest BCUT2D eigenvalue weighted by Gasteiger charge is -2.13. The summed E-state index contributed by atoms with van der Waals surface area (Å²) in [5.74, 6) is 0. The summed E-state index contributed by atoms with van der Waals surface area (Å²) in [6.45, 7) is 0. The second kappa shape index (κ2) is 11.1. The summed E-state index contributed by atoms with van der Waals surface area (Å²) in [6, 6.07) is 52.2. The molecule has 0 bridgehead atoms. The minimum Gasteiger partial charge on any atom is -0.310 e. The zero-order valence-corrected chi connectivity index (χ0v) is 26.8. The zero-order chi connectivity index (χ0) is 32.3. The molecule has 3 nitrogen and oxygen atoms in total. The van der Waals surface area contributed by atoms with E-state index in [2.05, 4.69) is 162 Å². The number of hydrogen-bond donors (Lipinski definition) is 0. The van der Waals surface area contributed by atoms with Gasteiger partial charge in [0, 0.05) is 33.1 Å². The molecular weight excluding hydrogens is 595 g/mol. The monoisotopic (exact) mass is 625 g/mol. The van der Waals surface area contributed by atoms with Crippen molar-refractivity contribution in [1.29, 1.82) is 0 Å². The molecule has 2 aromatic heterocycles. The van der Waals surface area contributed by atoms with Crippen LogP contribution in [0, 0.1) is 0 Å². The van der Waals surface area contributed by atoms with Gasteiger partial charge in [0.05, 0.1) is 28.4 Å². The van der Waals surface area contributed by atoms with Crippen LogP contribution in [0.3, 0.4) is 0 Å². The Hall–Kier alpha value is -6.32. The fourth-order valence-corrected chi connectivity index (χ4v) is 7.83. The van der Waals surface area contributed by atoms with Crippen LogP contribution >= 0.6 is 0 Å². The van der Waals surface area contributed by atoms with Crippen molar-refractivity contribution < 1.29 is 0 Å². The number of aromatic nitrogens is 3. The van der Waals surface area contributed by atoms with Gasteiger partial charge < -0.3 is 4.57 Å². The molecule has 7 aromatic carbocycles.